The maximum Gasteiger partial charge on any atom is 0.220 e. The molecule has 0 bridgehead atoms. The number of nitrogens with two attached hydrogens (primary N) is 1. The molecule has 3 aromatic rings. The van der Waals surface area contributed by atoms with E-state index in [9.17, 15) is 4.79 Å². The Morgan fingerprint density at radius 1 is 1.08 bits per heavy atom. The molecule has 26 heavy (non-hydrogen) atoms. The molecule has 1 aromatic heterocycles. The second-order valence-corrected chi connectivity index (χ2v) is 7.07. The second kappa shape index (κ2) is 6.79. The highest BCUT2D eigenvalue weighted by atomic mass is 16.1. The summed E-state index contributed by atoms with van der Waals surface area (Å²) in [6.45, 7) is 3.77. The first-order valence-corrected chi connectivity index (χ1v) is 9.13. The van der Waals surface area contributed by atoms with Gasteiger partial charge in [0.2, 0.25) is 5.91 Å². The number of aromatic nitrogens is 1. The zero-order valence-corrected chi connectivity index (χ0v) is 15.0. The molecule has 0 aliphatic carbocycles. The van der Waals surface area contributed by atoms with Crippen molar-refractivity contribution in [1.82, 2.24) is 4.98 Å². The summed E-state index contributed by atoms with van der Waals surface area (Å²) >= 11 is 0. The van der Waals surface area contributed by atoms with Crippen molar-refractivity contribution in [3.63, 3.8) is 0 Å². The Hall–Kier alpha value is -2.88. The zero-order valence-electron chi connectivity index (χ0n) is 15.0. The Labute approximate surface area is 153 Å². The minimum atomic E-state index is -0.176. The van der Waals surface area contributed by atoms with Gasteiger partial charge in [0.25, 0.3) is 0 Å². The number of carbonyl (C=O) groups is 1. The van der Waals surface area contributed by atoms with E-state index in [2.05, 4.69) is 60.4 Å². The number of hydrogen-bond acceptors (Lipinski definition) is 3. The number of aryl methyl sites for hydroxylation is 1. The minimum Gasteiger partial charge on any atom is -0.371 e. The normalized spacial score (nSPS) is 15.3. The van der Waals surface area contributed by atoms with E-state index in [1.165, 1.54) is 11.3 Å². The number of amides is 1. The molecule has 2 N–H and O–H groups in total. The third-order valence-corrected chi connectivity index (χ3v) is 5.28. The van der Waals surface area contributed by atoms with Gasteiger partial charge in [-0.15, -0.1) is 0 Å². The minimum absolute atomic E-state index is 0.00378. The van der Waals surface area contributed by atoms with Crippen molar-refractivity contribution < 1.29 is 4.79 Å². The molecule has 1 fully saturated rings. The number of pyridine rings is 1. The first kappa shape index (κ1) is 16.6. The van der Waals surface area contributed by atoms with Crippen LogP contribution in [-0.4, -0.2) is 24.0 Å². The van der Waals surface area contributed by atoms with Crippen LogP contribution in [0, 0.1) is 12.8 Å². The molecule has 4 heteroatoms. The predicted octanol–water partition coefficient (Wildman–Crippen LogP) is 3.91. The van der Waals surface area contributed by atoms with Crippen molar-refractivity contribution in [3.05, 3.63) is 60.2 Å². The number of anilines is 1. The largest absolute Gasteiger partial charge is 0.371 e. The smallest absolute Gasteiger partial charge is 0.220 e. The number of carbonyl (C=O) groups excluding carboxylic acids is 1. The number of hydrogen-bond donors (Lipinski definition) is 1. The van der Waals surface area contributed by atoms with Crippen LogP contribution >= 0.6 is 0 Å². The standard InChI is InChI=1S/C22H23N3O/c1-15-6-8-16(9-7-15)20-14-21(18-4-2-3-5-19(18)24-20)25-12-10-17(11-13-25)22(23)26/h2-9,14,17H,10-13H2,1H3,(H2,23,26). The molecule has 0 radical (unpaired) electrons. The fourth-order valence-corrected chi connectivity index (χ4v) is 3.70. The molecule has 0 spiro atoms. The first-order chi connectivity index (χ1) is 12.6. The molecule has 132 valence electrons. The van der Waals surface area contributed by atoms with E-state index in [1.807, 2.05) is 6.07 Å². The van der Waals surface area contributed by atoms with Gasteiger partial charge in [0.05, 0.1) is 11.2 Å². The van der Waals surface area contributed by atoms with Crippen LogP contribution in [0.25, 0.3) is 22.2 Å². The Morgan fingerprint density at radius 3 is 2.46 bits per heavy atom. The number of benzene rings is 2. The summed E-state index contributed by atoms with van der Waals surface area (Å²) < 4.78 is 0. The summed E-state index contributed by atoms with van der Waals surface area (Å²) in [7, 11) is 0. The zero-order chi connectivity index (χ0) is 18.1. The molecule has 1 saturated heterocycles. The summed E-state index contributed by atoms with van der Waals surface area (Å²) in [4.78, 5) is 18.7. The molecule has 4 nitrogen and oxygen atoms in total. The van der Waals surface area contributed by atoms with E-state index in [-0.39, 0.29) is 11.8 Å². The summed E-state index contributed by atoms with van der Waals surface area (Å²) in [5.74, 6) is -0.180. The average molecular weight is 345 g/mol. The lowest BCUT2D eigenvalue weighted by molar-refractivity contribution is -0.122. The highest BCUT2D eigenvalue weighted by Crippen LogP contribution is 2.33. The quantitative estimate of drug-likeness (QED) is 0.783. The Balaban J connectivity index is 1.76. The second-order valence-electron chi connectivity index (χ2n) is 7.07. The molecule has 0 atom stereocenters. The number of rotatable bonds is 3. The molecule has 0 unspecified atom stereocenters. The van der Waals surface area contributed by atoms with Crippen molar-refractivity contribution in [3.8, 4) is 11.3 Å². The third-order valence-electron chi connectivity index (χ3n) is 5.28. The van der Waals surface area contributed by atoms with Crippen LogP contribution in [-0.2, 0) is 4.79 Å². The van der Waals surface area contributed by atoms with Crippen LogP contribution in [0.5, 0.6) is 0 Å². The van der Waals surface area contributed by atoms with Gasteiger partial charge in [-0.3, -0.25) is 4.79 Å². The van der Waals surface area contributed by atoms with Gasteiger partial charge in [-0.25, -0.2) is 4.98 Å². The lowest BCUT2D eigenvalue weighted by Crippen LogP contribution is -2.38. The van der Waals surface area contributed by atoms with Crippen LogP contribution in [0.4, 0.5) is 5.69 Å². The Kier molecular flexibility index (Phi) is 4.33. The van der Waals surface area contributed by atoms with Crippen LogP contribution in [0.15, 0.2) is 54.6 Å². The van der Waals surface area contributed by atoms with Gasteiger partial charge in [-0.2, -0.15) is 0 Å². The van der Waals surface area contributed by atoms with E-state index in [0.29, 0.717) is 0 Å². The predicted molar refractivity (Wildman–Crippen MR) is 106 cm³/mol. The lowest BCUT2D eigenvalue weighted by atomic mass is 9.95. The molecular weight excluding hydrogens is 322 g/mol. The third kappa shape index (κ3) is 3.15. The van der Waals surface area contributed by atoms with Gasteiger partial charge >= 0.3 is 0 Å². The number of primary amides is 1. The van der Waals surface area contributed by atoms with Crippen LogP contribution in [0.3, 0.4) is 0 Å². The summed E-state index contributed by atoms with van der Waals surface area (Å²) in [5, 5.41) is 1.15. The molecule has 1 aliphatic rings. The van der Waals surface area contributed by atoms with Crippen molar-refractivity contribution >= 4 is 22.5 Å². The molecular formula is C22H23N3O. The molecule has 2 heterocycles. The van der Waals surface area contributed by atoms with Gasteiger partial charge < -0.3 is 10.6 Å². The SMILES string of the molecule is Cc1ccc(-c2cc(N3CCC(C(N)=O)CC3)c3ccccc3n2)cc1. The fourth-order valence-electron chi connectivity index (χ4n) is 3.70. The molecule has 2 aromatic carbocycles. The topological polar surface area (TPSA) is 59.2 Å². The molecule has 4 rings (SSSR count). The van der Waals surface area contributed by atoms with Crippen molar-refractivity contribution in [2.75, 3.05) is 18.0 Å². The highest BCUT2D eigenvalue weighted by molar-refractivity contribution is 5.94. The van der Waals surface area contributed by atoms with Crippen LogP contribution < -0.4 is 10.6 Å². The number of piperidine rings is 1. The van der Waals surface area contributed by atoms with Gasteiger partial charge in [0.1, 0.15) is 0 Å². The monoisotopic (exact) mass is 345 g/mol. The van der Waals surface area contributed by atoms with Gasteiger partial charge in [-0.05, 0) is 31.9 Å². The lowest BCUT2D eigenvalue weighted by Gasteiger charge is -2.33. The molecule has 1 amide bonds. The van der Waals surface area contributed by atoms with Crippen molar-refractivity contribution in [2.45, 2.75) is 19.8 Å². The number of fused-ring (bicyclic) bond motifs is 1. The number of nitrogens with zero attached hydrogens (tertiary/aromatic N) is 2. The van der Waals surface area contributed by atoms with Crippen molar-refractivity contribution in [1.29, 1.82) is 0 Å². The summed E-state index contributed by atoms with van der Waals surface area (Å²) in [5.41, 5.74) is 11.0. The first-order valence-electron chi connectivity index (χ1n) is 9.13. The Bertz CT molecular complexity index is 941. The maximum absolute atomic E-state index is 11.5. The van der Waals surface area contributed by atoms with E-state index < -0.39 is 0 Å². The van der Waals surface area contributed by atoms with Crippen LogP contribution in [0.1, 0.15) is 18.4 Å². The molecule has 0 saturated carbocycles. The summed E-state index contributed by atoms with van der Waals surface area (Å²) in [6.07, 6.45) is 1.62. The van der Waals surface area contributed by atoms with E-state index in [0.717, 1.165) is 48.1 Å². The highest BCUT2D eigenvalue weighted by Gasteiger charge is 2.24. The van der Waals surface area contributed by atoms with Gasteiger partial charge in [-0.1, -0.05) is 48.0 Å². The fraction of sp³-hybridized carbons (Fsp3) is 0.273. The maximum atomic E-state index is 11.5. The average Bonchev–Trinajstić information content (AvgIpc) is 2.68. The van der Waals surface area contributed by atoms with Crippen molar-refractivity contribution in [2.24, 2.45) is 11.7 Å². The Morgan fingerprint density at radius 2 is 1.77 bits per heavy atom. The van der Waals surface area contributed by atoms with Gasteiger partial charge in [0, 0.05) is 35.6 Å². The molecule has 1 aliphatic heterocycles. The van der Waals surface area contributed by atoms with Gasteiger partial charge in [0.15, 0.2) is 0 Å². The van der Waals surface area contributed by atoms with E-state index in [1.54, 1.807) is 0 Å². The summed E-state index contributed by atoms with van der Waals surface area (Å²) in [6, 6.07) is 18.9. The number of para-hydroxylation sites is 1. The van der Waals surface area contributed by atoms with Crippen LogP contribution in [0.2, 0.25) is 0 Å². The van der Waals surface area contributed by atoms with E-state index in [4.69, 9.17) is 10.7 Å². The van der Waals surface area contributed by atoms with E-state index >= 15 is 0 Å².